The Morgan fingerprint density at radius 2 is 2.00 bits per heavy atom. The predicted molar refractivity (Wildman–Crippen MR) is 55.7 cm³/mol. The summed E-state index contributed by atoms with van der Waals surface area (Å²) in [4.78, 5) is 2.05. The van der Waals surface area contributed by atoms with Gasteiger partial charge in [-0.15, -0.1) is 0 Å². The van der Waals surface area contributed by atoms with Crippen molar-refractivity contribution in [1.82, 2.24) is 4.90 Å². The lowest BCUT2D eigenvalue weighted by atomic mass is 10.0. The van der Waals surface area contributed by atoms with E-state index < -0.39 is 6.17 Å². The smallest absolute Gasteiger partial charge is 0.121 e. The summed E-state index contributed by atoms with van der Waals surface area (Å²) >= 11 is 0. The molecule has 2 nitrogen and oxygen atoms in total. The predicted octanol–water partition coefficient (Wildman–Crippen LogP) is 1.98. The topological polar surface area (TPSA) is 29.3 Å². The Morgan fingerprint density at radius 3 is 2.50 bits per heavy atom. The molecule has 76 valence electrons. The summed E-state index contributed by atoms with van der Waals surface area (Å²) in [5, 5.41) is 0. The van der Waals surface area contributed by atoms with Gasteiger partial charge in [0.25, 0.3) is 0 Å². The molecule has 0 aliphatic carbocycles. The lowest BCUT2D eigenvalue weighted by Crippen LogP contribution is -2.21. The molecule has 0 bridgehead atoms. The van der Waals surface area contributed by atoms with Gasteiger partial charge < -0.3 is 5.73 Å². The second-order valence-corrected chi connectivity index (χ2v) is 3.90. The molecule has 1 heterocycles. The van der Waals surface area contributed by atoms with E-state index in [-0.39, 0.29) is 6.04 Å². The van der Waals surface area contributed by atoms with Crippen LogP contribution in [-0.4, -0.2) is 24.7 Å². The van der Waals surface area contributed by atoms with Crippen molar-refractivity contribution in [2.75, 3.05) is 19.3 Å². The number of alkyl halides is 1. The number of benzene rings is 1. The third-order valence-electron chi connectivity index (χ3n) is 2.85. The number of rotatable bonds is 1. The van der Waals surface area contributed by atoms with Gasteiger partial charge in [0.2, 0.25) is 0 Å². The maximum absolute atomic E-state index is 13.6. The van der Waals surface area contributed by atoms with Crippen LogP contribution in [0.15, 0.2) is 24.3 Å². The second-order valence-electron chi connectivity index (χ2n) is 3.90. The van der Waals surface area contributed by atoms with E-state index in [0.717, 1.165) is 17.8 Å². The van der Waals surface area contributed by atoms with Gasteiger partial charge in [0.15, 0.2) is 0 Å². The van der Waals surface area contributed by atoms with Crippen molar-refractivity contribution in [3.8, 4) is 0 Å². The van der Waals surface area contributed by atoms with Gasteiger partial charge in [0.1, 0.15) is 6.17 Å². The van der Waals surface area contributed by atoms with Gasteiger partial charge in [0.05, 0.1) is 6.04 Å². The number of nitrogen functional groups attached to an aromatic ring is 1. The molecule has 2 rings (SSSR count). The van der Waals surface area contributed by atoms with Gasteiger partial charge in [-0.25, -0.2) is 4.39 Å². The highest BCUT2D eigenvalue weighted by Crippen LogP contribution is 2.33. The van der Waals surface area contributed by atoms with Crippen molar-refractivity contribution in [1.29, 1.82) is 0 Å². The fourth-order valence-corrected chi connectivity index (χ4v) is 2.06. The summed E-state index contributed by atoms with van der Waals surface area (Å²) in [6, 6.07) is 7.39. The Labute approximate surface area is 83.5 Å². The minimum atomic E-state index is -0.747. The Balaban J connectivity index is 2.25. The number of nitrogens with zero attached hydrogens (tertiary/aromatic N) is 1. The highest BCUT2D eigenvalue weighted by Gasteiger charge is 2.32. The van der Waals surface area contributed by atoms with Crippen LogP contribution in [0, 0.1) is 0 Å². The van der Waals surface area contributed by atoms with Crippen LogP contribution < -0.4 is 5.73 Å². The van der Waals surface area contributed by atoms with E-state index in [0.29, 0.717) is 6.42 Å². The molecule has 2 atom stereocenters. The minimum Gasteiger partial charge on any atom is -0.399 e. The summed E-state index contributed by atoms with van der Waals surface area (Å²) in [5.41, 5.74) is 7.33. The van der Waals surface area contributed by atoms with Crippen LogP contribution in [0.3, 0.4) is 0 Å². The molecule has 3 heteroatoms. The minimum absolute atomic E-state index is 0.0874. The van der Waals surface area contributed by atoms with Crippen LogP contribution in [0.2, 0.25) is 0 Å². The summed E-state index contributed by atoms with van der Waals surface area (Å²) in [6.45, 7) is 0.830. The Kier molecular flexibility index (Phi) is 2.42. The molecule has 1 aliphatic rings. The van der Waals surface area contributed by atoms with Gasteiger partial charge >= 0.3 is 0 Å². The van der Waals surface area contributed by atoms with Crippen LogP contribution in [0.1, 0.15) is 18.0 Å². The van der Waals surface area contributed by atoms with E-state index in [2.05, 4.69) is 4.90 Å². The molecular weight excluding hydrogens is 179 g/mol. The zero-order valence-corrected chi connectivity index (χ0v) is 8.28. The number of anilines is 1. The van der Waals surface area contributed by atoms with Crippen molar-refractivity contribution >= 4 is 5.69 Å². The molecule has 1 aromatic carbocycles. The third-order valence-corrected chi connectivity index (χ3v) is 2.85. The van der Waals surface area contributed by atoms with Gasteiger partial charge in [-0.3, -0.25) is 4.90 Å². The van der Waals surface area contributed by atoms with Crippen molar-refractivity contribution in [3.63, 3.8) is 0 Å². The first-order chi connectivity index (χ1) is 6.68. The fourth-order valence-electron chi connectivity index (χ4n) is 2.06. The molecule has 0 amide bonds. The molecule has 1 saturated heterocycles. The largest absolute Gasteiger partial charge is 0.399 e. The average molecular weight is 194 g/mol. The van der Waals surface area contributed by atoms with Crippen molar-refractivity contribution in [2.45, 2.75) is 18.6 Å². The summed E-state index contributed by atoms with van der Waals surface area (Å²) in [5.74, 6) is 0. The van der Waals surface area contributed by atoms with Crippen LogP contribution in [-0.2, 0) is 0 Å². The van der Waals surface area contributed by atoms with Gasteiger partial charge in [-0.1, -0.05) is 12.1 Å². The standard InChI is InChI=1S/C11H15FN2/c1-14-7-6-10(12)11(14)8-2-4-9(13)5-3-8/h2-5,10-11H,6-7,13H2,1H3. The van der Waals surface area contributed by atoms with E-state index in [9.17, 15) is 4.39 Å². The second kappa shape index (κ2) is 3.58. The van der Waals surface area contributed by atoms with E-state index in [1.807, 2.05) is 31.3 Å². The van der Waals surface area contributed by atoms with Crippen LogP contribution in [0.5, 0.6) is 0 Å². The average Bonchev–Trinajstić information content (AvgIpc) is 2.49. The molecule has 14 heavy (non-hydrogen) atoms. The fraction of sp³-hybridized carbons (Fsp3) is 0.455. The molecule has 0 aromatic heterocycles. The molecule has 1 aliphatic heterocycles. The van der Waals surface area contributed by atoms with E-state index in [1.165, 1.54) is 0 Å². The number of hydrogen-bond acceptors (Lipinski definition) is 2. The van der Waals surface area contributed by atoms with Gasteiger partial charge in [-0.05, 0) is 31.2 Å². The zero-order chi connectivity index (χ0) is 10.1. The van der Waals surface area contributed by atoms with Crippen LogP contribution in [0.4, 0.5) is 10.1 Å². The van der Waals surface area contributed by atoms with Crippen LogP contribution in [0.25, 0.3) is 0 Å². The number of nitrogens with two attached hydrogens (primary N) is 1. The maximum atomic E-state index is 13.6. The highest BCUT2D eigenvalue weighted by atomic mass is 19.1. The SMILES string of the molecule is CN1CCC(F)C1c1ccc(N)cc1. The van der Waals surface area contributed by atoms with Gasteiger partial charge in [0, 0.05) is 12.2 Å². The van der Waals surface area contributed by atoms with Gasteiger partial charge in [-0.2, -0.15) is 0 Å². The van der Waals surface area contributed by atoms with E-state index >= 15 is 0 Å². The third kappa shape index (κ3) is 1.60. The Bertz CT molecular complexity index is 300. The molecule has 2 unspecified atom stereocenters. The maximum Gasteiger partial charge on any atom is 0.121 e. The first kappa shape index (κ1) is 9.46. The summed E-state index contributed by atoms with van der Waals surface area (Å²) in [7, 11) is 1.96. The zero-order valence-electron chi connectivity index (χ0n) is 8.28. The first-order valence-electron chi connectivity index (χ1n) is 4.88. The number of likely N-dealkylation sites (tertiary alicyclic amines) is 1. The van der Waals surface area contributed by atoms with E-state index in [1.54, 1.807) is 0 Å². The molecule has 1 aromatic rings. The number of halogens is 1. The van der Waals surface area contributed by atoms with E-state index in [4.69, 9.17) is 5.73 Å². The molecule has 1 fully saturated rings. The van der Waals surface area contributed by atoms with Crippen LogP contribution >= 0.6 is 0 Å². The summed E-state index contributed by atoms with van der Waals surface area (Å²) in [6.07, 6.45) is -0.116. The quantitative estimate of drug-likeness (QED) is 0.693. The van der Waals surface area contributed by atoms with Crippen molar-refractivity contribution in [2.24, 2.45) is 0 Å². The van der Waals surface area contributed by atoms with Crippen molar-refractivity contribution in [3.05, 3.63) is 29.8 Å². The lowest BCUT2D eigenvalue weighted by molar-refractivity contribution is 0.225. The molecule has 2 N–H and O–H groups in total. The normalized spacial score (nSPS) is 28.1. The highest BCUT2D eigenvalue weighted by molar-refractivity contribution is 5.40. The number of hydrogen-bond donors (Lipinski definition) is 1. The lowest BCUT2D eigenvalue weighted by Gasteiger charge is -2.21. The molecular formula is C11H15FN2. The monoisotopic (exact) mass is 194 g/mol. The summed E-state index contributed by atoms with van der Waals surface area (Å²) < 4.78 is 13.6. The molecule has 0 radical (unpaired) electrons. The Morgan fingerprint density at radius 1 is 1.36 bits per heavy atom. The first-order valence-corrected chi connectivity index (χ1v) is 4.88. The Hall–Kier alpha value is -1.09. The molecule has 0 saturated carbocycles. The van der Waals surface area contributed by atoms with Crippen molar-refractivity contribution < 1.29 is 4.39 Å². The molecule has 0 spiro atoms.